The lowest BCUT2D eigenvalue weighted by Crippen LogP contribution is -2.39. The zero-order valence-electron chi connectivity index (χ0n) is 40.2. The fourth-order valence-corrected chi connectivity index (χ4v) is 10.00. The number of aliphatic hydroxyl groups excluding tert-OH is 4. The number of esters is 2. The molecule has 3 rings (SSSR count). The number of aromatic nitrogens is 2. The molecule has 0 radical (unpaired) electrons. The SMILES string of the molecule is CCCCCCCCCCCCCCCC(=O)OCC(CO)OC(=O)CCCCCCCCCCCCCCCN1C=Nc2c(ncn2[C@@H]2O[C@H](C(O)OP(=O)(O)OP(=O)(O)O)[C@@H](O)[C@@H]2O)C1N. The number of phosphoric acid groups is 2. The summed E-state index contributed by atoms with van der Waals surface area (Å²) in [6, 6.07) is 0. The van der Waals surface area contributed by atoms with Gasteiger partial charge in [-0.2, -0.15) is 4.31 Å². The maximum Gasteiger partial charge on any atom is 0.483 e. The van der Waals surface area contributed by atoms with E-state index in [0.29, 0.717) is 18.7 Å². The Balaban J connectivity index is 1.14. The van der Waals surface area contributed by atoms with Gasteiger partial charge in [-0.3, -0.25) is 18.7 Å². The van der Waals surface area contributed by atoms with Crippen molar-refractivity contribution in [3.05, 3.63) is 12.0 Å². The van der Waals surface area contributed by atoms with Gasteiger partial charge in [-0.25, -0.2) is 19.1 Å². The molecule has 0 amide bonds. The lowest BCUT2D eigenvalue weighted by Gasteiger charge is -2.29. The molecule has 8 atom stereocenters. The summed E-state index contributed by atoms with van der Waals surface area (Å²) in [6.07, 6.45) is 22.6. The molecular formula is C45H83N5O16P2. The molecule has 1 aromatic rings. The van der Waals surface area contributed by atoms with Crippen LogP contribution in [0.2, 0.25) is 0 Å². The quantitative estimate of drug-likeness (QED) is 0.0138. The first-order chi connectivity index (χ1) is 32.6. The highest BCUT2D eigenvalue weighted by atomic mass is 31.3. The number of aliphatic imine (C=N–C) groups is 1. The zero-order chi connectivity index (χ0) is 49.8. The highest BCUT2D eigenvalue weighted by molar-refractivity contribution is 7.60. The van der Waals surface area contributed by atoms with Gasteiger partial charge in [0.15, 0.2) is 24.4 Å². The third-order valence-electron chi connectivity index (χ3n) is 12.3. The van der Waals surface area contributed by atoms with Crippen molar-refractivity contribution in [1.82, 2.24) is 14.5 Å². The molecule has 0 saturated carbocycles. The Bertz CT molecular complexity index is 1690. The van der Waals surface area contributed by atoms with Gasteiger partial charge in [-0.05, 0) is 19.3 Å². The van der Waals surface area contributed by atoms with Crippen molar-refractivity contribution in [2.24, 2.45) is 10.7 Å². The second kappa shape index (κ2) is 33.3. The topological polar surface area (TPSA) is 315 Å². The first-order valence-electron chi connectivity index (χ1n) is 25.1. The number of aliphatic hydroxyl groups is 4. The van der Waals surface area contributed by atoms with Crippen molar-refractivity contribution >= 4 is 39.7 Å². The van der Waals surface area contributed by atoms with Crippen molar-refractivity contribution in [1.29, 1.82) is 0 Å². The van der Waals surface area contributed by atoms with Crippen molar-refractivity contribution < 1.29 is 76.9 Å². The normalized spacial score (nSPS) is 21.1. The highest BCUT2D eigenvalue weighted by Gasteiger charge is 2.50. The van der Waals surface area contributed by atoms with Crippen LogP contribution in [0.1, 0.15) is 205 Å². The number of hydrogen-bond donors (Lipinski definition) is 8. The highest BCUT2D eigenvalue weighted by Crippen LogP contribution is 2.58. The molecule has 1 aromatic heterocycles. The minimum absolute atomic E-state index is 0.117. The molecule has 4 unspecified atom stereocenters. The second-order valence-electron chi connectivity index (χ2n) is 18.1. The summed E-state index contributed by atoms with van der Waals surface area (Å²) in [7, 11) is -11.0. The molecule has 0 spiro atoms. The van der Waals surface area contributed by atoms with Gasteiger partial charge in [0.2, 0.25) is 0 Å². The van der Waals surface area contributed by atoms with Gasteiger partial charge in [0, 0.05) is 19.4 Å². The Morgan fingerprint density at radius 1 is 0.750 bits per heavy atom. The van der Waals surface area contributed by atoms with Gasteiger partial charge in [-0.15, -0.1) is 0 Å². The summed E-state index contributed by atoms with van der Waals surface area (Å²) in [6.45, 7) is 2.37. The Kier molecular flexibility index (Phi) is 29.4. The minimum Gasteiger partial charge on any atom is -0.462 e. The molecule has 2 aliphatic rings. The van der Waals surface area contributed by atoms with E-state index in [4.69, 9.17) is 29.7 Å². The van der Waals surface area contributed by atoms with Crippen LogP contribution >= 0.6 is 15.6 Å². The van der Waals surface area contributed by atoms with E-state index in [0.717, 1.165) is 83.5 Å². The maximum atomic E-state index is 12.3. The van der Waals surface area contributed by atoms with E-state index >= 15 is 0 Å². The molecule has 2 aliphatic heterocycles. The summed E-state index contributed by atoms with van der Waals surface area (Å²) in [4.78, 5) is 62.1. The van der Waals surface area contributed by atoms with Gasteiger partial charge in [0.05, 0.1) is 19.3 Å². The van der Waals surface area contributed by atoms with Crippen LogP contribution in [0.25, 0.3) is 0 Å². The van der Waals surface area contributed by atoms with Crippen LogP contribution in [0.3, 0.4) is 0 Å². The number of fused-ring (bicyclic) bond motifs is 1. The van der Waals surface area contributed by atoms with Gasteiger partial charge < -0.3 is 60.0 Å². The first kappa shape index (κ1) is 59.9. The molecule has 21 nitrogen and oxygen atoms in total. The minimum atomic E-state index is -5.50. The molecule has 0 aliphatic carbocycles. The molecule has 3 heterocycles. The molecule has 0 bridgehead atoms. The summed E-state index contributed by atoms with van der Waals surface area (Å²) in [5.74, 6) is -0.473. The van der Waals surface area contributed by atoms with E-state index in [2.05, 4.69) is 25.7 Å². The summed E-state index contributed by atoms with van der Waals surface area (Å²) < 4.78 is 48.2. The second-order valence-corrected chi connectivity index (χ2v) is 20.9. The molecule has 23 heteroatoms. The molecular weight excluding hydrogens is 928 g/mol. The number of nitrogens with two attached hydrogens (primary N) is 1. The summed E-state index contributed by atoms with van der Waals surface area (Å²) >= 11 is 0. The number of ether oxygens (including phenoxy) is 3. The van der Waals surface area contributed by atoms with Crippen molar-refractivity contribution in [3.8, 4) is 0 Å². The van der Waals surface area contributed by atoms with Crippen LogP contribution < -0.4 is 5.73 Å². The molecule has 0 aromatic carbocycles. The van der Waals surface area contributed by atoms with E-state index in [1.165, 1.54) is 94.4 Å². The number of rotatable bonds is 40. The van der Waals surface area contributed by atoms with Gasteiger partial charge in [0.1, 0.15) is 36.8 Å². The molecule has 68 heavy (non-hydrogen) atoms. The third-order valence-corrected chi connectivity index (χ3v) is 14.4. The number of hydrogen-bond acceptors (Lipinski definition) is 17. The predicted octanol–water partition coefficient (Wildman–Crippen LogP) is 7.37. The Labute approximate surface area is 402 Å². The third kappa shape index (κ3) is 23.7. The summed E-state index contributed by atoms with van der Waals surface area (Å²) in [5, 5.41) is 41.0. The fourth-order valence-electron chi connectivity index (χ4n) is 8.37. The van der Waals surface area contributed by atoms with Crippen LogP contribution in [-0.4, -0.2) is 118 Å². The fraction of sp³-hybridized carbons (Fsp3) is 0.867. The molecule has 1 fully saturated rings. The van der Waals surface area contributed by atoms with Crippen molar-refractivity contribution in [2.75, 3.05) is 19.8 Å². The lowest BCUT2D eigenvalue weighted by molar-refractivity contribution is -0.161. The lowest BCUT2D eigenvalue weighted by atomic mass is 10.0. The monoisotopic (exact) mass is 1010 g/mol. The molecule has 394 valence electrons. The summed E-state index contributed by atoms with van der Waals surface area (Å²) in [5.41, 5.74) is 6.84. The van der Waals surface area contributed by atoms with Crippen LogP contribution in [0.5, 0.6) is 0 Å². The van der Waals surface area contributed by atoms with Crippen LogP contribution in [0.15, 0.2) is 11.3 Å². The number of nitrogens with zero attached hydrogens (tertiary/aromatic N) is 4. The number of imidazole rings is 1. The van der Waals surface area contributed by atoms with Crippen molar-refractivity contribution in [3.63, 3.8) is 0 Å². The standard InChI is InChI=1S/C45H83N5O16P2/c1-2-3-4-5-6-7-8-10-13-16-19-22-25-28-36(52)62-32-35(31-51)63-37(53)29-26-23-20-17-14-11-9-12-15-18-21-24-27-30-49-33-48-43-38(42(49)46)47-34-50(43)44-40(55)39(54)41(64-44)45(56)65-68(60,61)66-67(57,58)59/h33-35,39-42,44-45,51,54-56H,2-32,46H2,1H3,(H,60,61)(H2,57,58,59)/t35?,39-,40-,41-,42?,44+,45?/m0/s1. The van der Waals surface area contributed by atoms with Gasteiger partial charge in [0.25, 0.3) is 0 Å². The molecule has 1 saturated heterocycles. The Morgan fingerprint density at radius 2 is 1.24 bits per heavy atom. The zero-order valence-corrected chi connectivity index (χ0v) is 42.0. The van der Waals surface area contributed by atoms with E-state index < -0.39 is 58.7 Å². The van der Waals surface area contributed by atoms with Gasteiger partial charge in [-0.1, -0.05) is 155 Å². The van der Waals surface area contributed by atoms with E-state index in [9.17, 15) is 44.0 Å². The van der Waals surface area contributed by atoms with Crippen LogP contribution in [0.4, 0.5) is 5.82 Å². The maximum absolute atomic E-state index is 12.3. The molecule has 9 N–H and O–H groups in total. The van der Waals surface area contributed by atoms with E-state index in [1.807, 2.05) is 4.90 Å². The number of phosphoric ester groups is 1. The van der Waals surface area contributed by atoms with Crippen LogP contribution in [-0.2, 0) is 41.8 Å². The first-order valence-corrected chi connectivity index (χ1v) is 28.1. The van der Waals surface area contributed by atoms with Gasteiger partial charge >= 0.3 is 27.6 Å². The smallest absolute Gasteiger partial charge is 0.462 e. The number of unbranched alkanes of at least 4 members (excludes halogenated alkanes) is 24. The van der Waals surface area contributed by atoms with Crippen LogP contribution in [0, 0.1) is 0 Å². The van der Waals surface area contributed by atoms with Crippen molar-refractivity contribution in [2.45, 2.75) is 230 Å². The van der Waals surface area contributed by atoms with E-state index in [1.54, 1.807) is 6.34 Å². The largest absolute Gasteiger partial charge is 0.483 e. The Hall–Kier alpha value is -2.36. The van der Waals surface area contributed by atoms with E-state index in [-0.39, 0.29) is 37.4 Å². The average Bonchev–Trinajstić information content (AvgIpc) is 3.84. The average molecular weight is 1010 g/mol. The predicted molar refractivity (Wildman–Crippen MR) is 253 cm³/mol. The number of carbonyl (C=O) groups is 2. The number of carbonyl (C=O) groups excluding carboxylic acids is 2. The Morgan fingerprint density at radius 3 is 1.74 bits per heavy atom.